The predicted molar refractivity (Wildman–Crippen MR) is 57.9 cm³/mol. The van der Waals surface area contributed by atoms with Gasteiger partial charge >= 0.3 is 5.97 Å². The molecule has 0 aliphatic rings. The molecular formula is C10H15N3O2. The highest BCUT2D eigenvalue weighted by Crippen LogP contribution is 2.11. The lowest BCUT2D eigenvalue weighted by Crippen LogP contribution is -2.25. The van der Waals surface area contributed by atoms with Crippen molar-refractivity contribution in [2.75, 3.05) is 32.1 Å². The molecule has 15 heavy (non-hydrogen) atoms. The molecule has 82 valence electrons. The number of methoxy groups -OCH3 is 1. The second-order valence-corrected chi connectivity index (χ2v) is 3.10. The summed E-state index contributed by atoms with van der Waals surface area (Å²) in [6.07, 6.45) is 1.58. The molecule has 0 spiro atoms. The summed E-state index contributed by atoms with van der Waals surface area (Å²) >= 11 is 0. The van der Waals surface area contributed by atoms with E-state index >= 15 is 0 Å². The van der Waals surface area contributed by atoms with Crippen molar-refractivity contribution >= 4 is 11.8 Å². The topological polar surface area (TPSA) is 68.5 Å². The fourth-order valence-electron chi connectivity index (χ4n) is 1.18. The summed E-state index contributed by atoms with van der Waals surface area (Å²) in [6.45, 7) is 1.23. The molecule has 0 aliphatic carbocycles. The van der Waals surface area contributed by atoms with Crippen molar-refractivity contribution in [1.82, 2.24) is 4.98 Å². The Morgan fingerprint density at radius 1 is 1.67 bits per heavy atom. The van der Waals surface area contributed by atoms with Crippen LogP contribution < -0.4 is 10.6 Å². The minimum atomic E-state index is -0.361. The molecule has 5 heteroatoms. The van der Waals surface area contributed by atoms with Crippen LogP contribution in [-0.2, 0) is 4.74 Å². The summed E-state index contributed by atoms with van der Waals surface area (Å²) < 4.78 is 4.62. The highest BCUT2D eigenvalue weighted by molar-refractivity contribution is 5.90. The van der Waals surface area contributed by atoms with E-state index in [0.29, 0.717) is 24.5 Å². The Labute approximate surface area is 88.9 Å². The summed E-state index contributed by atoms with van der Waals surface area (Å²) in [4.78, 5) is 17.3. The fraction of sp³-hybridized carbons (Fsp3) is 0.400. The summed E-state index contributed by atoms with van der Waals surface area (Å²) in [5.74, 6) is 0.350. The van der Waals surface area contributed by atoms with Gasteiger partial charge < -0.3 is 15.4 Å². The quantitative estimate of drug-likeness (QED) is 0.720. The first kappa shape index (κ1) is 11.5. The molecule has 0 saturated heterocycles. The third kappa shape index (κ3) is 2.92. The second-order valence-electron chi connectivity index (χ2n) is 3.10. The molecule has 0 bridgehead atoms. The van der Waals surface area contributed by atoms with Crippen molar-refractivity contribution in [2.24, 2.45) is 5.73 Å². The monoisotopic (exact) mass is 209 g/mol. The Bertz CT molecular complexity index is 341. The predicted octanol–water partition coefficient (Wildman–Crippen LogP) is 0.263. The number of hydrogen-bond donors (Lipinski definition) is 1. The maximum absolute atomic E-state index is 11.3. The fourth-order valence-corrected chi connectivity index (χ4v) is 1.18. The van der Waals surface area contributed by atoms with E-state index in [4.69, 9.17) is 5.73 Å². The molecule has 1 heterocycles. The standard InChI is InChI=1S/C10H15N3O2/c1-13(6-4-11)9-7-8(3-5-12-9)10(14)15-2/h3,5,7H,4,6,11H2,1-2H3. The van der Waals surface area contributed by atoms with Crippen LogP contribution in [0.1, 0.15) is 10.4 Å². The lowest BCUT2D eigenvalue weighted by atomic mass is 10.2. The zero-order valence-corrected chi connectivity index (χ0v) is 8.93. The summed E-state index contributed by atoms with van der Waals surface area (Å²) in [7, 11) is 3.22. The zero-order valence-electron chi connectivity index (χ0n) is 8.93. The molecule has 0 saturated carbocycles. The molecule has 5 nitrogen and oxygen atoms in total. The normalized spacial score (nSPS) is 9.80. The number of nitrogens with two attached hydrogens (primary N) is 1. The van der Waals surface area contributed by atoms with E-state index in [9.17, 15) is 4.79 Å². The smallest absolute Gasteiger partial charge is 0.338 e. The molecule has 0 amide bonds. The van der Waals surface area contributed by atoms with E-state index in [1.54, 1.807) is 18.3 Å². The molecule has 1 aromatic heterocycles. The number of esters is 1. The number of hydrogen-bond acceptors (Lipinski definition) is 5. The average Bonchev–Trinajstić information content (AvgIpc) is 2.28. The number of nitrogens with zero attached hydrogens (tertiary/aromatic N) is 2. The van der Waals surface area contributed by atoms with Crippen LogP contribution >= 0.6 is 0 Å². The number of anilines is 1. The summed E-state index contributed by atoms with van der Waals surface area (Å²) in [5.41, 5.74) is 5.92. The number of rotatable bonds is 4. The third-order valence-electron chi connectivity index (χ3n) is 2.02. The van der Waals surface area contributed by atoms with Gasteiger partial charge in [0.05, 0.1) is 12.7 Å². The number of carbonyl (C=O) groups is 1. The van der Waals surface area contributed by atoms with E-state index in [1.165, 1.54) is 7.11 Å². The van der Waals surface area contributed by atoms with Gasteiger partial charge in [-0.2, -0.15) is 0 Å². The van der Waals surface area contributed by atoms with Crippen LogP contribution in [0.4, 0.5) is 5.82 Å². The minimum Gasteiger partial charge on any atom is -0.465 e. The van der Waals surface area contributed by atoms with Crippen LogP contribution in [0.3, 0.4) is 0 Å². The first-order valence-electron chi connectivity index (χ1n) is 4.64. The molecule has 1 rings (SSSR count). The molecule has 0 atom stereocenters. The summed E-state index contributed by atoms with van der Waals surface area (Å²) in [6, 6.07) is 3.30. The maximum atomic E-state index is 11.3. The Kier molecular flexibility index (Phi) is 4.05. The molecule has 0 aliphatic heterocycles. The van der Waals surface area contributed by atoms with Crippen LogP contribution in [0, 0.1) is 0 Å². The Hall–Kier alpha value is -1.62. The highest BCUT2D eigenvalue weighted by atomic mass is 16.5. The van der Waals surface area contributed by atoms with E-state index in [1.807, 2.05) is 11.9 Å². The number of pyridine rings is 1. The van der Waals surface area contributed by atoms with Crippen LogP contribution in [0.15, 0.2) is 18.3 Å². The molecule has 0 radical (unpaired) electrons. The van der Waals surface area contributed by atoms with Crippen LogP contribution in [0.5, 0.6) is 0 Å². The van der Waals surface area contributed by atoms with Gasteiger partial charge in [0, 0.05) is 26.3 Å². The second kappa shape index (κ2) is 5.31. The van der Waals surface area contributed by atoms with Gasteiger partial charge in [0.25, 0.3) is 0 Å². The van der Waals surface area contributed by atoms with Gasteiger partial charge in [-0.05, 0) is 12.1 Å². The van der Waals surface area contributed by atoms with E-state index in [0.717, 1.165) is 0 Å². The lowest BCUT2D eigenvalue weighted by molar-refractivity contribution is 0.0600. The van der Waals surface area contributed by atoms with Crippen LogP contribution in [0.25, 0.3) is 0 Å². The van der Waals surface area contributed by atoms with Crippen molar-refractivity contribution in [3.63, 3.8) is 0 Å². The van der Waals surface area contributed by atoms with Crippen molar-refractivity contribution in [1.29, 1.82) is 0 Å². The van der Waals surface area contributed by atoms with Gasteiger partial charge in [-0.1, -0.05) is 0 Å². The van der Waals surface area contributed by atoms with E-state index < -0.39 is 0 Å². The minimum absolute atomic E-state index is 0.361. The van der Waals surface area contributed by atoms with Gasteiger partial charge in [-0.3, -0.25) is 0 Å². The van der Waals surface area contributed by atoms with Crippen molar-refractivity contribution in [3.05, 3.63) is 23.9 Å². The van der Waals surface area contributed by atoms with Gasteiger partial charge in [-0.25, -0.2) is 9.78 Å². The van der Waals surface area contributed by atoms with Gasteiger partial charge in [0.1, 0.15) is 5.82 Å². The average molecular weight is 209 g/mol. The number of aromatic nitrogens is 1. The number of ether oxygens (including phenoxy) is 1. The largest absolute Gasteiger partial charge is 0.465 e. The molecular weight excluding hydrogens is 194 g/mol. The Morgan fingerprint density at radius 3 is 3.00 bits per heavy atom. The molecule has 0 fully saturated rings. The van der Waals surface area contributed by atoms with Crippen molar-refractivity contribution < 1.29 is 9.53 Å². The molecule has 1 aromatic rings. The van der Waals surface area contributed by atoms with Gasteiger partial charge in [0.15, 0.2) is 0 Å². The third-order valence-corrected chi connectivity index (χ3v) is 2.02. The van der Waals surface area contributed by atoms with Gasteiger partial charge in [0.2, 0.25) is 0 Å². The first-order valence-corrected chi connectivity index (χ1v) is 4.64. The van der Waals surface area contributed by atoms with Crippen molar-refractivity contribution in [2.45, 2.75) is 0 Å². The Morgan fingerprint density at radius 2 is 2.40 bits per heavy atom. The highest BCUT2D eigenvalue weighted by Gasteiger charge is 2.08. The summed E-state index contributed by atoms with van der Waals surface area (Å²) in [5, 5.41) is 0. The number of carbonyl (C=O) groups excluding carboxylic acids is 1. The SMILES string of the molecule is COC(=O)c1ccnc(N(C)CCN)c1. The number of likely N-dealkylation sites (N-methyl/N-ethyl adjacent to an activating group) is 1. The molecule has 2 N–H and O–H groups in total. The van der Waals surface area contributed by atoms with E-state index in [2.05, 4.69) is 9.72 Å². The van der Waals surface area contributed by atoms with Gasteiger partial charge in [-0.15, -0.1) is 0 Å². The Balaban J connectivity index is 2.87. The van der Waals surface area contributed by atoms with Crippen LogP contribution in [-0.4, -0.2) is 38.2 Å². The molecule has 0 unspecified atom stereocenters. The lowest BCUT2D eigenvalue weighted by Gasteiger charge is -2.17. The molecule has 0 aromatic carbocycles. The zero-order chi connectivity index (χ0) is 11.3. The van der Waals surface area contributed by atoms with Crippen molar-refractivity contribution in [3.8, 4) is 0 Å². The first-order chi connectivity index (χ1) is 7.19. The maximum Gasteiger partial charge on any atom is 0.338 e. The van der Waals surface area contributed by atoms with Crippen LogP contribution in [0.2, 0.25) is 0 Å². The van der Waals surface area contributed by atoms with E-state index in [-0.39, 0.29) is 5.97 Å².